The van der Waals surface area contributed by atoms with Crippen molar-refractivity contribution >= 4 is 43.4 Å². The van der Waals surface area contributed by atoms with Crippen LogP contribution >= 0.6 is 11.3 Å². The number of carbonyl (C=O) groups excluding carboxylic acids is 1. The largest absolute Gasteiger partial charge is 0.453 e. The number of sulfonamides is 1. The molecule has 0 aliphatic carbocycles. The van der Waals surface area contributed by atoms with E-state index in [9.17, 15) is 23.3 Å². The van der Waals surface area contributed by atoms with Gasteiger partial charge in [-0.05, 0) is 31.2 Å². The van der Waals surface area contributed by atoms with Crippen molar-refractivity contribution in [2.45, 2.75) is 25.0 Å². The number of imidazole rings is 1. The predicted octanol–water partition coefficient (Wildman–Crippen LogP) is 2.63. The highest BCUT2D eigenvalue weighted by Gasteiger charge is 2.21. The lowest BCUT2D eigenvalue weighted by Gasteiger charge is -2.11. The van der Waals surface area contributed by atoms with Crippen LogP contribution in [-0.2, 0) is 27.9 Å². The van der Waals surface area contributed by atoms with Crippen molar-refractivity contribution in [1.29, 1.82) is 0 Å². The van der Waals surface area contributed by atoms with Crippen molar-refractivity contribution in [3.05, 3.63) is 51.1 Å². The van der Waals surface area contributed by atoms with E-state index >= 15 is 0 Å². The quantitative estimate of drug-likeness (QED) is 0.315. The van der Waals surface area contributed by atoms with Crippen LogP contribution in [0.25, 0.3) is 11.0 Å². The lowest BCUT2D eigenvalue weighted by Crippen LogP contribution is -2.22. The summed E-state index contributed by atoms with van der Waals surface area (Å²) in [6, 6.07) is 7.23. The molecule has 0 amide bonds. The lowest BCUT2D eigenvalue weighted by atomic mass is 10.3. The number of nitro groups is 1. The molecule has 0 spiro atoms. The van der Waals surface area contributed by atoms with Crippen LogP contribution in [0, 0.1) is 10.1 Å². The number of thiophene rings is 1. The van der Waals surface area contributed by atoms with Gasteiger partial charge in [-0.1, -0.05) is 11.3 Å². The minimum Gasteiger partial charge on any atom is -0.453 e. The highest BCUT2D eigenvalue weighted by molar-refractivity contribution is 7.89. The molecule has 0 atom stereocenters. The number of aryl methyl sites for hydroxylation is 1. The van der Waals surface area contributed by atoms with Gasteiger partial charge in [0.15, 0.2) is 0 Å². The molecule has 12 heteroatoms. The van der Waals surface area contributed by atoms with Gasteiger partial charge in [0.25, 0.3) is 0 Å². The molecule has 1 aromatic carbocycles. The molecule has 0 unspecified atom stereocenters. The average Bonchev–Trinajstić information content (AvgIpc) is 3.30. The van der Waals surface area contributed by atoms with Crippen LogP contribution in [-0.4, -0.2) is 47.3 Å². The molecule has 0 radical (unpaired) electrons. The maximum absolute atomic E-state index is 12.3. The van der Waals surface area contributed by atoms with Crippen molar-refractivity contribution in [3.63, 3.8) is 0 Å². The number of esters is 1. The van der Waals surface area contributed by atoms with Gasteiger partial charge < -0.3 is 9.30 Å². The molecule has 0 saturated carbocycles. The standard InChI is InChI=1S/C17H18N4O6S2/c1-4-20-13-6-5-11(29(25,26)19(2)3)9-12(13)18-15(20)10-27-17(22)14-7-8-16(28-14)21(23)24/h5-9H,4,10H2,1-3H3. The maximum Gasteiger partial charge on any atom is 0.348 e. The molecular formula is C17H18N4O6S2. The van der Waals surface area contributed by atoms with E-state index in [2.05, 4.69) is 4.98 Å². The summed E-state index contributed by atoms with van der Waals surface area (Å²) in [7, 11) is -0.703. The molecular weight excluding hydrogens is 420 g/mol. The van der Waals surface area contributed by atoms with Crippen molar-refractivity contribution in [1.82, 2.24) is 13.9 Å². The number of aromatic nitrogens is 2. The zero-order valence-electron chi connectivity index (χ0n) is 15.9. The van der Waals surface area contributed by atoms with E-state index < -0.39 is 20.9 Å². The molecule has 154 valence electrons. The number of nitrogens with zero attached hydrogens (tertiary/aromatic N) is 4. The summed E-state index contributed by atoms with van der Waals surface area (Å²) in [4.78, 5) is 27.0. The number of hydrogen-bond donors (Lipinski definition) is 0. The van der Waals surface area contributed by atoms with Crippen LogP contribution in [0.2, 0.25) is 0 Å². The molecule has 0 N–H and O–H groups in total. The first-order chi connectivity index (χ1) is 13.6. The number of benzene rings is 1. The zero-order chi connectivity index (χ0) is 21.3. The summed E-state index contributed by atoms with van der Waals surface area (Å²) in [6.45, 7) is 2.27. The Morgan fingerprint density at radius 2 is 2.03 bits per heavy atom. The molecule has 3 rings (SSSR count). The Bertz CT molecular complexity index is 1200. The lowest BCUT2D eigenvalue weighted by molar-refractivity contribution is -0.380. The Morgan fingerprint density at radius 1 is 1.31 bits per heavy atom. The molecule has 0 saturated heterocycles. The van der Waals surface area contributed by atoms with Gasteiger partial charge in [-0.15, -0.1) is 0 Å². The summed E-state index contributed by atoms with van der Waals surface area (Å²) in [5.41, 5.74) is 1.18. The van der Waals surface area contributed by atoms with Crippen LogP contribution in [0.3, 0.4) is 0 Å². The van der Waals surface area contributed by atoms with Gasteiger partial charge >= 0.3 is 11.0 Å². The summed E-state index contributed by atoms with van der Waals surface area (Å²) in [5.74, 6) is -0.241. The molecule has 3 aromatic rings. The van der Waals surface area contributed by atoms with Crippen LogP contribution in [0.5, 0.6) is 0 Å². The molecule has 0 bridgehead atoms. The summed E-state index contributed by atoms with van der Waals surface area (Å²) in [6.07, 6.45) is 0. The second kappa shape index (κ2) is 7.89. The van der Waals surface area contributed by atoms with Crippen LogP contribution in [0.1, 0.15) is 22.4 Å². The SMILES string of the molecule is CCn1c(COC(=O)c2ccc([N+](=O)[O-])s2)nc2cc(S(=O)(=O)N(C)C)ccc21. The Hall–Kier alpha value is -2.83. The Labute approximate surface area is 170 Å². The van der Waals surface area contributed by atoms with Crippen molar-refractivity contribution in [2.24, 2.45) is 0 Å². The molecule has 10 nitrogen and oxygen atoms in total. The maximum atomic E-state index is 12.3. The third kappa shape index (κ3) is 3.99. The van der Waals surface area contributed by atoms with Gasteiger partial charge in [0.1, 0.15) is 17.3 Å². The van der Waals surface area contributed by atoms with E-state index in [1.807, 2.05) is 11.5 Å². The van der Waals surface area contributed by atoms with Gasteiger partial charge in [-0.3, -0.25) is 10.1 Å². The molecule has 29 heavy (non-hydrogen) atoms. The highest BCUT2D eigenvalue weighted by atomic mass is 32.2. The number of rotatable bonds is 7. The first-order valence-electron chi connectivity index (χ1n) is 8.48. The molecule has 2 heterocycles. The van der Waals surface area contributed by atoms with E-state index in [0.29, 0.717) is 23.4 Å². The number of ether oxygens (including phenoxy) is 1. The number of hydrogen-bond acceptors (Lipinski definition) is 8. The Morgan fingerprint density at radius 3 is 2.62 bits per heavy atom. The van der Waals surface area contributed by atoms with Crippen molar-refractivity contribution in [3.8, 4) is 0 Å². The van der Waals surface area contributed by atoms with Gasteiger partial charge in [0.05, 0.1) is 20.9 Å². The fraction of sp³-hybridized carbons (Fsp3) is 0.294. The summed E-state index contributed by atoms with van der Waals surface area (Å²) >= 11 is 0.734. The first kappa shape index (κ1) is 20.9. The second-order valence-corrected chi connectivity index (χ2v) is 9.40. The average molecular weight is 438 g/mol. The summed E-state index contributed by atoms with van der Waals surface area (Å²) < 4.78 is 32.9. The Balaban J connectivity index is 1.87. The normalized spacial score (nSPS) is 11.9. The number of fused-ring (bicyclic) bond motifs is 1. The van der Waals surface area contributed by atoms with Crippen molar-refractivity contribution in [2.75, 3.05) is 14.1 Å². The third-order valence-corrected chi connectivity index (χ3v) is 7.03. The van der Waals surface area contributed by atoms with Gasteiger partial charge in [-0.25, -0.2) is 22.5 Å². The monoisotopic (exact) mass is 438 g/mol. The minimum absolute atomic E-state index is 0.116. The predicted molar refractivity (Wildman–Crippen MR) is 106 cm³/mol. The second-order valence-electron chi connectivity index (χ2n) is 6.18. The van der Waals surface area contributed by atoms with Crippen LogP contribution in [0.4, 0.5) is 5.00 Å². The first-order valence-corrected chi connectivity index (χ1v) is 10.7. The molecule has 0 aliphatic rings. The van der Waals surface area contributed by atoms with E-state index in [4.69, 9.17) is 4.74 Å². The van der Waals surface area contributed by atoms with Gasteiger partial charge in [0, 0.05) is 26.7 Å². The summed E-state index contributed by atoms with van der Waals surface area (Å²) in [5, 5.41) is 10.6. The van der Waals surface area contributed by atoms with E-state index in [-0.39, 0.29) is 21.4 Å². The molecule has 0 fully saturated rings. The Kier molecular flexibility index (Phi) is 5.68. The fourth-order valence-electron chi connectivity index (χ4n) is 2.73. The third-order valence-electron chi connectivity index (χ3n) is 4.20. The van der Waals surface area contributed by atoms with Crippen molar-refractivity contribution < 1.29 is 22.9 Å². The topological polar surface area (TPSA) is 125 Å². The zero-order valence-corrected chi connectivity index (χ0v) is 17.5. The van der Waals surface area contributed by atoms with E-state index in [1.54, 1.807) is 6.07 Å². The smallest absolute Gasteiger partial charge is 0.348 e. The van der Waals surface area contributed by atoms with Gasteiger partial charge in [-0.2, -0.15) is 0 Å². The minimum atomic E-state index is -3.60. The number of carbonyl (C=O) groups is 1. The highest BCUT2D eigenvalue weighted by Crippen LogP contribution is 2.26. The van der Waals surface area contributed by atoms with E-state index in [0.717, 1.165) is 15.6 Å². The van der Waals surface area contributed by atoms with E-state index in [1.165, 1.54) is 38.4 Å². The van der Waals surface area contributed by atoms with Crippen LogP contribution < -0.4 is 0 Å². The molecule has 2 aromatic heterocycles. The van der Waals surface area contributed by atoms with Gasteiger partial charge in [0.2, 0.25) is 10.0 Å². The van der Waals surface area contributed by atoms with Crippen LogP contribution in [0.15, 0.2) is 35.2 Å². The molecule has 0 aliphatic heterocycles. The fourth-order valence-corrected chi connectivity index (χ4v) is 4.37.